The van der Waals surface area contributed by atoms with Gasteiger partial charge >= 0.3 is 0 Å². The molecule has 0 amide bonds. The summed E-state index contributed by atoms with van der Waals surface area (Å²) in [6.07, 6.45) is 1.69. The van der Waals surface area contributed by atoms with E-state index in [9.17, 15) is 4.79 Å². The molecule has 0 fully saturated rings. The first-order valence-corrected chi connectivity index (χ1v) is 15.0. The summed E-state index contributed by atoms with van der Waals surface area (Å²) < 4.78 is 15.6. The van der Waals surface area contributed by atoms with Crippen LogP contribution in [0, 0.1) is 20.8 Å². The highest BCUT2D eigenvalue weighted by Crippen LogP contribution is 2.29. The predicted octanol–water partition coefficient (Wildman–Crippen LogP) is 8.64. The molecule has 0 aliphatic carbocycles. The molecule has 0 aliphatic heterocycles. The fraction of sp³-hybridized carbons (Fsp3) is 0.108. The van der Waals surface area contributed by atoms with Crippen molar-refractivity contribution in [1.29, 1.82) is 0 Å². The minimum atomic E-state index is -0.291. The van der Waals surface area contributed by atoms with Crippen molar-refractivity contribution >= 4 is 39.7 Å². The summed E-state index contributed by atoms with van der Waals surface area (Å²) in [6, 6.07) is 32.8. The van der Waals surface area contributed by atoms with Gasteiger partial charge < -0.3 is 13.7 Å². The third-order valence-corrected chi connectivity index (χ3v) is 8.05. The lowest BCUT2D eigenvalue weighted by Crippen LogP contribution is -2.20. The van der Waals surface area contributed by atoms with E-state index in [0.29, 0.717) is 39.7 Å². The topological polar surface area (TPSA) is 74.6 Å². The van der Waals surface area contributed by atoms with E-state index in [2.05, 4.69) is 34.8 Å². The molecule has 0 saturated heterocycles. The molecule has 7 rings (SSSR count). The van der Waals surface area contributed by atoms with Crippen molar-refractivity contribution in [2.45, 2.75) is 27.4 Å². The number of aromatic nitrogens is 3. The first-order chi connectivity index (χ1) is 21.8. The van der Waals surface area contributed by atoms with Gasteiger partial charge in [-0.3, -0.25) is 4.79 Å². The third-order valence-electron chi connectivity index (χ3n) is 7.82. The van der Waals surface area contributed by atoms with E-state index in [-0.39, 0.29) is 5.56 Å². The second kappa shape index (κ2) is 11.6. The van der Waals surface area contributed by atoms with Crippen LogP contribution in [0.4, 0.5) is 0 Å². The molecular weight excluding hydrogens is 584 g/mol. The zero-order valence-corrected chi connectivity index (χ0v) is 25.7. The molecule has 0 unspecified atom stereocenters. The largest absolute Gasteiger partial charge is 0.489 e. The molecule has 4 aromatic carbocycles. The molecule has 8 heteroatoms. The normalized spacial score (nSPS) is 11.6. The van der Waals surface area contributed by atoms with Crippen LogP contribution in [0.1, 0.15) is 28.1 Å². The van der Waals surface area contributed by atoms with Gasteiger partial charge in [-0.15, -0.1) is 0 Å². The molecule has 0 bridgehead atoms. The number of benzene rings is 4. The molecule has 3 heterocycles. The zero-order valence-electron chi connectivity index (χ0n) is 25.0. The van der Waals surface area contributed by atoms with Gasteiger partial charge in [0.15, 0.2) is 5.76 Å². The Bertz CT molecular complexity index is 2290. The molecule has 222 valence electrons. The Hall–Kier alpha value is -5.40. The molecule has 7 aromatic rings. The number of hydrogen-bond donors (Lipinski definition) is 0. The average Bonchev–Trinajstić information content (AvgIpc) is 3.58. The number of aryl methyl sites for hydroxylation is 2. The zero-order chi connectivity index (χ0) is 31.1. The van der Waals surface area contributed by atoms with Gasteiger partial charge in [0.1, 0.15) is 17.9 Å². The van der Waals surface area contributed by atoms with Crippen LogP contribution in [0.25, 0.3) is 39.1 Å². The summed E-state index contributed by atoms with van der Waals surface area (Å²) in [5.74, 6) is 1.52. The summed E-state index contributed by atoms with van der Waals surface area (Å²) in [6.45, 7) is 6.66. The Morgan fingerprint density at radius 1 is 0.911 bits per heavy atom. The van der Waals surface area contributed by atoms with Crippen LogP contribution in [0.3, 0.4) is 0 Å². The highest BCUT2D eigenvalue weighted by atomic mass is 35.5. The number of nitrogens with zero attached hydrogens (tertiary/aromatic N) is 4. The average molecular weight is 613 g/mol. The molecular formula is C37H29ClN4O3. The van der Waals surface area contributed by atoms with Crippen LogP contribution in [0.15, 0.2) is 117 Å². The van der Waals surface area contributed by atoms with Crippen molar-refractivity contribution in [3.63, 3.8) is 0 Å². The minimum absolute atomic E-state index is 0.291. The minimum Gasteiger partial charge on any atom is -0.489 e. The molecule has 0 aliphatic rings. The summed E-state index contributed by atoms with van der Waals surface area (Å²) in [5.41, 5.74) is 7.13. The van der Waals surface area contributed by atoms with Gasteiger partial charge in [-0.1, -0.05) is 53.6 Å². The second-order valence-electron chi connectivity index (χ2n) is 11.0. The van der Waals surface area contributed by atoms with E-state index in [4.69, 9.17) is 25.7 Å². The SMILES string of the molecule is Cc1cccc(COc2ccc(-n3c(C)cc(C=Nn4c(-c5cc6cc(Cl)ccc6o5)nc5ccccc5c4=O)c3C)cc2)c1. The Labute approximate surface area is 264 Å². The Balaban J connectivity index is 1.22. The molecule has 0 N–H and O–H groups in total. The number of rotatable bonds is 7. The molecule has 0 spiro atoms. The fourth-order valence-electron chi connectivity index (χ4n) is 5.61. The highest BCUT2D eigenvalue weighted by molar-refractivity contribution is 6.31. The summed E-state index contributed by atoms with van der Waals surface area (Å²) >= 11 is 6.21. The van der Waals surface area contributed by atoms with Crippen LogP contribution < -0.4 is 10.3 Å². The van der Waals surface area contributed by atoms with Crippen molar-refractivity contribution in [1.82, 2.24) is 14.2 Å². The monoisotopic (exact) mass is 612 g/mol. The maximum Gasteiger partial charge on any atom is 0.282 e. The second-order valence-corrected chi connectivity index (χ2v) is 11.5. The molecule has 3 aromatic heterocycles. The van der Waals surface area contributed by atoms with Crippen LogP contribution >= 0.6 is 11.6 Å². The van der Waals surface area contributed by atoms with Gasteiger partial charge in [0.05, 0.1) is 17.1 Å². The summed E-state index contributed by atoms with van der Waals surface area (Å²) in [5, 5.41) is 6.54. The first kappa shape index (κ1) is 28.4. The van der Waals surface area contributed by atoms with Gasteiger partial charge in [-0.2, -0.15) is 9.78 Å². The van der Waals surface area contributed by atoms with Crippen LogP contribution in [0.2, 0.25) is 5.02 Å². The smallest absolute Gasteiger partial charge is 0.282 e. The van der Waals surface area contributed by atoms with Crippen LogP contribution in [-0.4, -0.2) is 20.4 Å². The van der Waals surface area contributed by atoms with E-state index in [1.165, 1.54) is 10.2 Å². The lowest BCUT2D eigenvalue weighted by molar-refractivity contribution is 0.306. The molecule has 45 heavy (non-hydrogen) atoms. The number of hydrogen-bond acceptors (Lipinski definition) is 5. The first-order valence-electron chi connectivity index (χ1n) is 14.6. The fourth-order valence-corrected chi connectivity index (χ4v) is 5.79. The summed E-state index contributed by atoms with van der Waals surface area (Å²) in [7, 11) is 0. The summed E-state index contributed by atoms with van der Waals surface area (Å²) in [4.78, 5) is 18.5. The van der Waals surface area contributed by atoms with Crippen molar-refractivity contribution in [2.75, 3.05) is 0 Å². The quantitative estimate of drug-likeness (QED) is 0.169. The van der Waals surface area contributed by atoms with Crippen molar-refractivity contribution in [3.05, 3.63) is 147 Å². The van der Waals surface area contributed by atoms with Gasteiger partial charge in [0.2, 0.25) is 5.82 Å². The molecule has 0 atom stereocenters. The van der Waals surface area contributed by atoms with Crippen molar-refractivity contribution < 1.29 is 9.15 Å². The lowest BCUT2D eigenvalue weighted by atomic mass is 10.1. The number of para-hydroxylation sites is 1. The van der Waals surface area contributed by atoms with Gasteiger partial charge in [-0.05, 0) is 93.1 Å². The van der Waals surface area contributed by atoms with E-state index >= 15 is 0 Å². The van der Waals surface area contributed by atoms with E-state index in [1.807, 2.05) is 74.5 Å². The molecule has 7 nitrogen and oxygen atoms in total. The number of ether oxygens (including phenoxy) is 1. The Morgan fingerprint density at radius 2 is 1.73 bits per heavy atom. The van der Waals surface area contributed by atoms with E-state index in [1.54, 1.807) is 30.5 Å². The van der Waals surface area contributed by atoms with E-state index < -0.39 is 0 Å². The number of fused-ring (bicyclic) bond motifs is 2. The Morgan fingerprint density at radius 3 is 2.56 bits per heavy atom. The van der Waals surface area contributed by atoms with E-state index in [0.717, 1.165) is 39.3 Å². The maximum atomic E-state index is 13.7. The number of halogens is 1. The Kier molecular flexibility index (Phi) is 7.31. The highest BCUT2D eigenvalue weighted by Gasteiger charge is 2.17. The molecule has 0 radical (unpaired) electrons. The van der Waals surface area contributed by atoms with Gasteiger partial charge in [0, 0.05) is 33.0 Å². The van der Waals surface area contributed by atoms with Gasteiger partial charge in [-0.25, -0.2) is 4.98 Å². The van der Waals surface area contributed by atoms with Crippen molar-refractivity contribution in [3.8, 4) is 23.0 Å². The standard InChI is InChI=1S/C37H29ClN4O3/c1-23-7-6-8-26(17-23)22-44-31-14-12-30(13-15-31)41-24(2)18-28(25(41)3)21-39-42-36(40-33-10-5-4-9-32(33)37(42)43)35-20-27-19-29(38)11-16-34(27)45-35/h4-21H,22H2,1-3H3. The predicted molar refractivity (Wildman–Crippen MR) is 180 cm³/mol. The van der Waals surface area contributed by atoms with Gasteiger partial charge in [0.25, 0.3) is 5.56 Å². The van der Waals surface area contributed by atoms with Crippen molar-refractivity contribution in [2.24, 2.45) is 5.10 Å². The third kappa shape index (κ3) is 5.54. The number of furan rings is 1. The van der Waals surface area contributed by atoms with Crippen LogP contribution in [0.5, 0.6) is 5.75 Å². The molecule has 0 saturated carbocycles. The maximum absolute atomic E-state index is 13.7. The van der Waals surface area contributed by atoms with Crippen LogP contribution in [-0.2, 0) is 6.61 Å². The lowest BCUT2D eigenvalue weighted by Gasteiger charge is -2.12.